The number of anilines is 1. The SMILES string of the molecule is CCNCc1c(Cl)cccc1N1CCN(C(C)(C)C)CC1. The van der Waals surface area contributed by atoms with E-state index in [0.29, 0.717) is 0 Å². The Morgan fingerprint density at radius 2 is 1.81 bits per heavy atom. The predicted octanol–water partition coefficient (Wildman–Crippen LogP) is 3.37. The van der Waals surface area contributed by atoms with Crippen molar-refractivity contribution in [1.29, 1.82) is 0 Å². The maximum Gasteiger partial charge on any atom is 0.0471 e. The molecular formula is C17H28ClN3. The van der Waals surface area contributed by atoms with Crippen LogP contribution in [0.25, 0.3) is 0 Å². The minimum Gasteiger partial charge on any atom is -0.369 e. The third-order valence-corrected chi connectivity index (χ3v) is 4.57. The van der Waals surface area contributed by atoms with Crippen molar-refractivity contribution in [1.82, 2.24) is 10.2 Å². The van der Waals surface area contributed by atoms with Crippen LogP contribution in [0.4, 0.5) is 5.69 Å². The fourth-order valence-corrected chi connectivity index (χ4v) is 3.12. The Balaban J connectivity index is 2.11. The van der Waals surface area contributed by atoms with E-state index < -0.39 is 0 Å². The number of hydrogen-bond acceptors (Lipinski definition) is 3. The summed E-state index contributed by atoms with van der Waals surface area (Å²) in [6.07, 6.45) is 0. The molecule has 0 saturated carbocycles. The third kappa shape index (κ3) is 4.12. The van der Waals surface area contributed by atoms with E-state index in [0.717, 1.165) is 44.3 Å². The smallest absolute Gasteiger partial charge is 0.0471 e. The van der Waals surface area contributed by atoms with Gasteiger partial charge in [0, 0.05) is 54.5 Å². The molecule has 2 rings (SSSR count). The number of hydrogen-bond donors (Lipinski definition) is 1. The summed E-state index contributed by atoms with van der Waals surface area (Å²) in [5.41, 5.74) is 2.77. The van der Waals surface area contributed by atoms with E-state index >= 15 is 0 Å². The highest BCUT2D eigenvalue weighted by molar-refractivity contribution is 6.31. The molecule has 1 aromatic rings. The van der Waals surface area contributed by atoms with Crippen molar-refractivity contribution in [3.8, 4) is 0 Å². The molecule has 0 aliphatic carbocycles. The van der Waals surface area contributed by atoms with Gasteiger partial charge in [0.15, 0.2) is 0 Å². The van der Waals surface area contributed by atoms with Crippen LogP contribution in [0.2, 0.25) is 5.02 Å². The monoisotopic (exact) mass is 309 g/mol. The minimum atomic E-state index is 0.257. The second-order valence-corrected chi connectivity index (χ2v) is 7.07. The van der Waals surface area contributed by atoms with Gasteiger partial charge in [0.2, 0.25) is 0 Å². The molecular weight excluding hydrogens is 282 g/mol. The number of rotatable bonds is 4. The molecule has 1 saturated heterocycles. The molecule has 1 heterocycles. The highest BCUT2D eigenvalue weighted by Gasteiger charge is 2.26. The molecule has 0 amide bonds. The van der Waals surface area contributed by atoms with Gasteiger partial charge < -0.3 is 10.2 Å². The van der Waals surface area contributed by atoms with Gasteiger partial charge >= 0.3 is 0 Å². The first-order chi connectivity index (χ1) is 9.93. The van der Waals surface area contributed by atoms with Crippen LogP contribution in [-0.2, 0) is 6.54 Å². The summed E-state index contributed by atoms with van der Waals surface area (Å²) in [7, 11) is 0. The van der Waals surface area contributed by atoms with Crippen molar-refractivity contribution in [3.05, 3.63) is 28.8 Å². The van der Waals surface area contributed by atoms with Crippen LogP contribution < -0.4 is 10.2 Å². The fourth-order valence-electron chi connectivity index (χ4n) is 2.89. The van der Waals surface area contributed by atoms with E-state index in [4.69, 9.17) is 11.6 Å². The largest absolute Gasteiger partial charge is 0.369 e. The van der Waals surface area contributed by atoms with E-state index in [9.17, 15) is 0 Å². The Labute approximate surface area is 134 Å². The van der Waals surface area contributed by atoms with E-state index in [1.54, 1.807) is 0 Å². The Hall–Kier alpha value is -0.770. The maximum atomic E-state index is 6.41. The molecule has 0 unspecified atom stereocenters. The zero-order chi connectivity index (χ0) is 15.5. The zero-order valence-electron chi connectivity index (χ0n) is 13.7. The molecule has 1 aliphatic heterocycles. The van der Waals surface area contributed by atoms with Gasteiger partial charge in [0.05, 0.1) is 0 Å². The lowest BCUT2D eigenvalue weighted by molar-refractivity contribution is 0.128. The molecule has 0 spiro atoms. The van der Waals surface area contributed by atoms with Crippen LogP contribution >= 0.6 is 11.6 Å². The minimum absolute atomic E-state index is 0.257. The van der Waals surface area contributed by atoms with Gasteiger partial charge in [-0.2, -0.15) is 0 Å². The summed E-state index contributed by atoms with van der Waals surface area (Å²) in [5, 5.41) is 4.26. The van der Waals surface area contributed by atoms with Crippen molar-refractivity contribution < 1.29 is 0 Å². The molecule has 1 aromatic carbocycles. The molecule has 0 bridgehead atoms. The van der Waals surface area contributed by atoms with Crippen LogP contribution in [0.5, 0.6) is 0 Å². The Morgan fingerprint density at radius 3 is 2.38 bits per heavy atom. The highest BCUT2D eigenvalue weighted by atomic mass is 35.5. The molecule has 0 atom stereocenters. The fraction of sp³-hybridized carbons (Fsp3) is 0.647. The Kier molecular flexibility index (Phi) is 5.53. The van der Waals surface area contributed by atoms with Crippen LogP contribution in [0, 0.1) is 0 Å². The molecule has 1 aliphatic rings. The lowest BCUT2D eigenvalue weighted by Crippen LogP contribution is -2.53. The van der Waals surface area contributed by atoms with Crippen LogP contribution in [0.15, 0.2) is 18.2 Å². The lowest BCUT2D eigenvalue weighted by Gasteiger charge is -2.43. The lowest BCUT2D eigenvalue weighted by atomic mass is 10.0. The van der Waals surface area contributed by atoms with Crippen molar-refractivity contribution in [3.63, 3.8) is 0 Å². The third-order valence-electron chi connectivity index (χ3n) is 4.21. The van der Waals surface area contributed by atoms with Gasteiger partial charge in [-0.15, -0.1) is 0 Å². The number of benzene rings is 1. The molecule has 4 heteroatoms. The standard InChI is InChI=1S/C17H28ClN3/c1-5-19-13-14-15(18)7-6-8-16(14)20-9-11-21(12-10-20)17(2,3)4/h6-8,19H,5,9-13H2,1-4H3. The second-order valence-electron chi connectivity index (χ2n) is 6.66. The van der Waals surface area contributed by atoms with E-state index in [1.165, 1.54) is 11.3 Å². The van der Waals surface area contributed by atoms with Crippen LogP contribution in [-0.4, -0.2) is 43.2 Å². The molecule has 0 aromatic heterocycles. The summed E-state index contributed by atoms with van der Waals surface area (Å²) >= 11 is 6.41. The average molecular weight is 310 g/mol. The van der Waals surface area contributed by atoms with Gasteiger partial charge in [0.1, 0.15) is 0 Å². The first-order valence-corrected chi connectivity index (χ1v) is 8.29. The molecule has 3 nitrogen and oxygen atoms in total. The van der Waals surface area contributed by atoms with Gasteiger partial charge in [-0.25, -0.2) is 0 Å². The number of nitrogens with one attached hydrogen (secondary N) is 1. The Morgan fingerprint density at radius 1 is 1.14 bits per heavy atom. The first kappa shape index (κ1) is 16.6. The quantitative estimate of drug-likeness (QED) is 0.920. The summed E-state index contributed by atoms with van der Waals surface area (Å²) in [6.45, 7) is 15.1. The van der Waals surface area contributed by atoms with Gasteiger partial charge in [0.25, 0.3) is 0 Å². The number of nitrogens with zero attached hydrogens (tertiary/aromatic N) is 2. The van der Waals surface area contributed by atoms with Crippen LogP contribution in [0.3, 0.4) is 0 Å². The maximum absolute atomic E-state index is 6.41. The first-order valence-electron chi connectivity index (χ1n) is 7.91. The summed E-state index contributed by atoms with van der Waals surface area (Å²) in [6, 6.07) is 6.25. The summed E-state index contributed by atoms with van der Waals surface area (Å²) in [4.78, 5) is 5.03. The zero-order valence-corrected chi connectivity index (χ0v) is 14.5. The van der Waals surface area contributed by atoms with E-state index in [1.807, 2.05) is 6.07 Å². The van der Waals surface area contributed by atoms with Crippen LogP contribution in [0.1, 0.15) is 33.3 Å². The topological polar surface area (TPSA) is 18.5 Å². The van der Waals surface area contributed by atoms with Crippen molar-refractivity contribution in [2.45, 2.75) is 39.8 Å². The molecule has 1 fully saturated rings. The molecule has 118 valence electrons. The molecule has 1 N–H and O–H groups in total. The average Bonchev–Trinajstić information content (AvgIpc) is 2.45. The normalized spacial score (nSPS) is 17.3. The summed E-state index contributed by atoms with van der Waals surface area (Å²) in [5.74, 6) is 0. The van der Waals surface area contributed by atoms with E-state index in [-0.39, 0.29) is 5.54 Å². The van der Waals surface area contributed by atoms with Crippen molar-refractivity contribution in [2.24, 2.45) is 0 Å². The summed E-state index contributed by atoms with van der Waals surface area (Å²) < 4.78 is 0. The second kappa shape index (κ2) is 6.99. The van der Waals surface area contributed by atoms with Gasteiger partial charge in [-0.1, -0.05) is 24.6 Å². The van der Waals surface area contributed by atoms with Crippen molar-refractivity contribution >= 4 is 17.3 Å². The number of piperazine rings is 1. The predicted molar refractivity (Wildman–Crippen MR) is 92.4 cm³/mol. The van der Waals surface area contributed by atoms with Gasteiger partial charge in [-0.05, 0) is 39.4 Å². The Bertz CT molecular complexity index is 460. The van der Waals surface area contributed by atoms with Crippen molar-refractivity contribution in [2.75, 3.05) is 37.6 Å². The number of halogens is 1. The van der Waals surface area contributed by atoms with E-state index in [2.05, 4.69) is 54.9 Å². The highest BCUT2D eigenvalue weighted by Crippen LogP contribution is 2.29. The van der Waals surface area contributed by atoms with Gasteiger partial charge in [-0.3, -0.25) is 4.90 Å². The molecule has 21 heavy (non-hydrogen) atoms. The molecule has 0 radical (unpaired) electrons.